The van der Waals surface area contributed by atoms with Crippen molar-refractivity contribution >= 4 is 0 Å². The molecule has 5 nitrogen and oxygen atoms in total. The van der Waals surface area contributed by atoms with Gasteiger partial charge in [-0.3, -0.25) is 14.3 Å². The van der Waals surface area contributed by atoms with Crippen LogP contribution in [0.15, 0.2) is 29.3 Å². The zero-order chi connectivity index (χ0) is 15.7. The molecule has 0 amide bonds. The van der Waals surface area contributed by atoms with E-state index in [1.54, 1.807) is 7.05 Å². The van der Waals surface area contributed by atoms with Gasteiger partial charge in [0.25, 0.3) is 5.56 Å². The van der Waals surface area contributed by atoms with Gasteiger partial charge in [-0.25, -0.2) is 9.37 Å². The van der Waals surface area contributed by atoms with E-state index in [1.807, 2.05) is 0 Å². The van der Waals surface area contributed by atoms with Gasteiger partial charge in [0.1, 0.15) is 5.82 Å². The monoisotopic (exact) mass is 298 g/mol. The van der Waals surface area contributed by atoms with Crippen LogP contribution in [0.5, 0.6) is 0 Å². The molecule has 2 atom stereocenters. The van der Waals surface area contributed by atoms with Gasteiger partial charge in [-0.05, 0) is 18.9 Å². The predicted molar refractivity (Wildman–Crippen MR) is 78.4 cm³/mol. The van der Waals surface area contributed by atoms with Gasteiger partial charge >= 0.3 is 0 Å². The average molecular weight is 298 g/mol. The summed E-state index contributed by atoms with van der Waals surface area (Å²) in [5.41, 5.74) is 0.293. The standard InChI is InChI=1S/C16H15FN4O/c1-21-15(22)7-14(12-5-6-19-9-13(12)17)20-16(21)11-4-2-3-10(11)8-18/h5-7,9-11H,2-4H2,1H3/t10?,11-/m0/s1. The van der Waals surface area contributed by atoms with Crippen molar-refractivity contribution in [3.63, 3.8) is 0 Å². The molecule has 112 valence electrons. The molecule has 1 unspecified atom stereocenters. The quantitative estimate of drug-likeness (QED) is 0.853. The summed E-state index contributed by atoms with van der Waals surface area (Å²) in [4.78, 5) is 20.4. The fourth-order valence-corrected chi connectivity index (χ4v) is 3.03. The number of halogens is 1. The van der Waals surface area contributed by atoms with Crippen LogP contribution in [0, 0.1) is 23.1 Å². The van der Waals surface area contributed by atoms with Crippen molar-refractivity contribution in [3.8, 4) is 17.3 Å². The highest BCUT2D eigenvalue weighted by Crippen LogP contribution is 2.38. The minimum atomic E-state index is -0.516. The average Bonchev–Trinajstić information content (AvgIpc) is 2.99. The van der Waals surface area contributed by atoms with Crippen LogP contribution < -0.4 is 5.56 Å². The van der Waals surface area contributed by atoms with Gasteiger partial charge in [-0.2, -0.15) is 5.26 Å². The molecule has 2 aromatic rings. The summed E-state index contributed by atoms with van der Waals surface area (Å²) in [5.74, 6) is -0.177. The van der Waals surface area contributed by atoms with Crippen LogP contribution in [-0.2, 0) is 7.05 Å². The van der Waals surface area contributed by atoms with Crippen molar-refractivity contribution in [3.05, 3.63) is 46.5 Å². The van der Waals surface area contributed by atoms with Crippen LogP contribution in [-0.4, -0.2) is 14.5 Å². The number of nitriles is 1. The van der Waals surface area contributed by atoms with Gasteiger partial charge in [-0.15, -0.1) is 0 Å². The first kappa shape index (κ1) is 14.4. The van der Waals surface area contributed by atoms with Crippen molar-refractivity contribution in [2.75, 3.05) is 0 Å². The van der Waals surface area contributed by atoms with E-state index in [-0.39, 0.29) is 23.0 Å². The number of nitrogens with zero attached hydrogens (tertiary/aromatic N) is 4. The number of hydrogen-bond acceptors (Lipinski definition) is 4. The summed E-state index contributed by atoms with van der Waals surface area (Å²) < 4.78 is 15.4. The molecular formula is C16H15FN4O. The Bertz CT molecular complexity index is 809. The van der Waals surface area contributed by atoms with Crippen LogP contribution in [0.1, 0.15) is 31.0 Å². The Balaban J connectivity index is 2.15. The summed E-state index contributed by atoms with van der Waals surface area (Å²) in [5, 5.41) is 9.25. The van der Waals surface area contributed by atoms with Crippen molar-refractivity contribution in [1.82, 2.24) is 14.5 Å². The molecule has 6 heteroatoms. The van der Waals surface area contributed by atoms with Crippen LogP contribution >= 0.6 is 0 Å². The molecule has 0 aliphatic heterocycles. The zero-order valence-electron chi connectivity index (χ0n) is 12.2. The van der Waals surface area contributed by atoms with Crippen molar-refractivity contribution in [2.24, 2.45) is 13.0 Å². The second kappa shape index (κ2) is 5.68. The Morgan fingerprint density at radius 2 is 2.27 bits per heavy atom. The van der Waals surface area contributed by atoms with Gasteiger partial charge in [0.15, 0.2) is 5.82 Å². The molecule has 1 aliphatic carbocycles. The lowest BCUT2D eigenvalue weighted by atomic mass is 9.96. The van der Waals surface area contributed by atoms with E-state index < -0.39 is 5.82 Å². The van der Waals surface area contributed by atoms with Gasteiger partial charge in [-0.1, -0.05) is 6.42 Å². The molecule has 2 aromatic heterocycles. The van der Waals surface area contributed by atoms with Crippen LogP contribution in [0.4, 0.5) is 4.39 Å². The first-order valence-electron chi connectivity index (χ1n) is 7.19. The lowest BCUT2D eigenvalue weighted by Crippen LogP contribution is -2.25. The smallest absolute Gasteiger partial charge is 0.253 e. The van der Waals surface area contributed by atoms with Gasteiger partial charge in [0.2, 0.25) is 0 Å². The van der Waals surface area contributed by atoms with Crippen molar-refractivity contribution < 1.29 is 4.39 Å². The van der Waals surface area contributed by atoms with Crippen LogP contribution in [0.25, 0.3) is 11.3 Å². The summed E-state index contributed by atoms with van der Waals surface area (Å²) >= 11 is 0. The van der Waals surface area contributed by atoms with Crippen LogP contribution in [0.3, 0.4) is 0 Å². The Morgan fingerprint density at radius 1 is 1.45 bits per heavy atom. The topological polar surface area (TPSA) is 71.6 Å². The van der Waals surface area contributed by atoms with Crippen LogP contribution in [0.2, 0.25) is 0 Å². The number of rotatable bonds is 2. The summed E-state index contributed by atoms with van der Waals surface area (Å²) in [6.07, 6.45) is 5.13. The molecule has 1 saturated carbocycles. The second-order valence-corrected chi connectivity index (χ2v) is 5.53. The maximum Gasteiger partial charge on any atom is 0.253 e. The highest BCUT2D eigenvalue weighted by Gasteiger charge is 2.32. The molecule has 3 rings (SSSR count). The fraction of sp³-hybridized carbons (Fsp3) is 0.375. The predicted octanol–water partition coefficient (Wildman–Crippen LogP) is 2.39. The molecule has 0 radical (unpaired) electrons. The molecule has 2 heterocycles. The molecule has 0 saturated heterocycles. The lowest BCUT2D eigenvalue weighted by molar-refractivity contribution is 0.535. The van der Waals surface area contributed by atoms with Gasteiger partial charge < -0.3 is 0 Å². The Morgan fingerprint density at radius 3 is 3.00 bits per heavy atom. The third-order valence-electron chi connectivity index (χ3n) is 4.23. The lowest BCUT2D eigenvalue weighted by Gasteiger charge is -2.17. The van der Waals surface area contributed by atoms with Crippen molar-refractivity contribution in [1.29, 1.82) is 5.26 Å². The molecule has 1 aliphatic rings. The number of hydrogen-bond donors (Lipinski definition) is 0. The van der Waals surface area contributed by atoms with Gasteiger partial charge in [0, 0.05) is 30.8 Å². The van der Waals surface area contributed by atoms with E-state index in [2.05, 4.69) is 16.0 Å². The molecular weight excluding hydrogens is 283 g/mol. The highest BCUT2D eigenvalue weighted by atomic mass is 19.1. The van der Waals surface area contributed by atoms with Crippen molar-refractivity contribution in [2.45, 2.75) is 25.2 Å². The number of aromatic nitrogens is 3. The van der Waals surface area contributed by atoms with E-state index in [0.717, 1.165) is 25.5 Å². The largest absolute Gasteiger partial charge is 0.300 e. The first-order chi connectivity index (χ1) is 10.6. The fourth-order valence-electron chi connectivity index (χ4n) is 3.03. The Hall–Kier alpha value is -2.55. The van der Waals surface area contributed by atoms with E-state index in [1.165, 1.54) is 22.9 Å². The molecule has 1 fully saturated rings. The SMILES string of the molecule is Cn1c([C@H]2CCCC2C#N)nc(-c2ccncc2F)cc1=O. The van der Waals surface area contributed by atoms with E-state index in [0.29, 0.717) is 11.5 Å². The summed E-state index contributed by atoms with van der Waals surface area (Å²) in [7, 11) is 1.64. The second-order valence-electron chi connectivity index (χ2n) is 5.53. The molecule has 0 N–H and O–H groups in total. The highest BCUT2D eigenvalue weighted by molar-refractivity contribution is 5.58. The Kier molecular flexibility index (Phi) is 3.72. The normalized spacial score (nSPS) is 20.8. The maximum atomic E-state index is 13.9. The third kappa shape index (κ3) is 2.39. The third-order valence-corrected chi connectivity index (χ3v) is 4.23. The number of pyridine rings is 1. The minimum Gasteiger partial charge on any atom is -0.300 e. The Labute approximate surface area is 127 Å². The first-order valence-corrected chi connectivity index (χ1v) is 7.19. The molecule has 0 spiro atoms. The zero-order valence-corrected chi connectivity index (χ0v) is 12.2. The molecule has 22 heavy (non-hydrogen) atoms. The minimum absolute atomic E-state index is 0.0763. The maximum absolute atomic E-state index is 13.9. The van der Waals surface area contributed by atoms with Gasteiger partial charge in [0.05, 0.1) is 23.9 Å². The summed E-state index contributed by atoms with van der Waals surface area (Å²) in [6, 6.07) is 5.11. The summed E-state index contributed by atoms with van der Waals surface area (Å²) in [6.45, 7) is 0. The molecule has 0 bridgehead atoms. The van der Waals surface area contributed by atoms with E-state index >= 15 is 0 Å². The van der Waals surface area contributed by atoms with E-state index in [4.69, 9.17) is 0 Å². The molecule has 0 aromatic carbocycles. The van der Waals surface area contributed by atoms with E-state index in [9.17, 15) is 14.4 Å².